The quantitative estimate of drug-likeness (QED) is 0.866. The molecular formula is C13H10F2O2. The minimum absolute atomic E-state index is 0.1000. The SMILES string of the molecule is COc1ccc(-c2ccc(O)c(F)c2F)cc1. The van der Waals surface area contributed by atoms with Gasteiger partial charge in [0.15, 0.2) is 11.6 Å². The van der Waals surface area contributed by atoms with Crippen LogP contribution in [0.15, 0.2) is 36.4 Å². The number of phenols is 1. The minimum atomic E-state index is -1.24. The molecule has 0 heterocycles. The average molecular weight is 236 g/mol. The van der Waals surface area contributed by atoms with Crippen LogP contribution in [0.1, 0.15) is 0 Å². The van der Waals surface area contributed by atoms with Crippen LogP contribution in [0.3, 0.4) is 0 Å². The van der Waals surface area contributed by atoms with Crippen molar-refractivity contribution in [2.75, 3.05) is 7.11 Å². The molecule has 0 fully saturated rings. The second-order valence-corrected chi connectivity index (χ2v) is 3.49. The lowest BCUT2D eigenvalue weighted by Gasteiger charge is -2.06. The van der Waals surface area contributed by atoms with Crippen LogP contribution < -0.4 is 4.74 Å². The van der Waals surface area contributed by atoms with Gasteiger partial charge >= 0.3 is 0 Å². The van der Waals surface area contributed by atoms with Crippen LogP contribution in [-0.2, 0) is 0 Å². The maximum atomic E-state index is 13.6. The van der Waals surface area contributed by atoms with Crippen LogP contribution >= 0.6 is 0 Å². The van der Waals surface area contributed by atoms with E-state index in [9.17, 15) is 8.78 Å². The molecule has 2 aromatic carbocycles. The first-order valence-corrected chi connectivity index (χ1v) is 4.95. The summed E-state index contributed by atoms with van der Waals surface area (Å²) in [5, 5.41) is 9.02. The lowest BCUT2D eigenvalue weighted by Crippen LogP contribution is -1.90. The number of hydrogen-bond acceptors (Lipinski definition) is 2. The molecule has 0 bridgehead atoms. The smallest absolute Gasteiger partial charge is 0.200 e. The van der Waals surface area contributed by atoms with Crippen molar-refractivity contribution in [2.24, 2.45) is 0 Å². The van der Waals surface area contributed by atoms with Crippen molar-refractivity contribution >= 4 is 0 Å². The first-order valence-electron chi connectivity index (χ1n) is 4.95. The third-order valence-electron chi connectivity index (χ3n) is 2.46. The minimum Gasteiger partial charge on any atom is -0.505 e. The number of phenolic OH excluding ortho intramolecular Hbond substituents is 1. The summed E-state index contributed by atoms with van der Waals surface area (Å²) in [6.07, 6.45) is 0. The van der Waals surface area contributed by atoms with Crippen LogP contribution in [0.2, 0.25) is 0 Å². The van der Waals surface area contributed by atoms with Gasteiger partial charge in [0.1, 0.15) is 5.75 Å². The van der Waals surface area contributed by atoms with Gasteiger partial charge in [-0.1, -0.05) is 12.1 Å². The first-order chi connectivity index (χ1) is 8.13. The Balaban J connectivity index is 2.49. The van der Waals surface area contributed by atoms with Gasteiger partial charge in [0, 0.05) is 5.56 Å². The summed E-state index contributed by atoms with van der Waals surface area (Å²) in [6.45, 7) is 0. The lowest BCUT2D eigenvalue weighted by atomic mass is 10.0. The number of methoxy groups -OCH3 is 1. The summed E-state index contributed by atoms with van der Waals surface area (Å²) in [5.74, 6) is -2.36. The van der Waals surface area contributed by atoms with Gasteiger partial charge in [-0.2, -0.15) is 4.39 Å². The molecular weight excluding hydrogens is 226 g/mol. The molecule has 17 heavy (non-hydrogen) atoms. The van der Waals surface area contributed by atoms with E-state index in [0.29, 0.717) is 11.3 Å². The largest absolute Gasteiger partial charge is 0.505 e. The maximum absolute atomic E-state index is 13.6. The number of halogens is 2. The molecule has 2 nitrogen and oxygen atoms in total. The van der Waals surface area contributed by atoms with E-state index in [0.717, 1.165) is 6.07 Å². The molecule has 2 rings (SSSR count). The van der Waals surface area contributed by atoms with E-state index in [2.05, 4.69) is 0 Å². The van der Waals surface area contributed by atoms with Crippen molar-refractivity contribution in [1.82, 2.24) is 0 Å². The Morgan fingerprint density at radius 1 is 0.941 bits per heavy atom. The zero-order valence-corrected chi connectivity index (χ0v) is 9.08. The molecule has 0 atom stereocenters. The van der Waals surface area contributed by atoms with Crippen molar-refractivity contribution in [3.63, 3.8) is 0 Å². The normalized spacial score (nSPS) is 10.3. The molecule has 0 aliphatic heterocycles. The Hall–Kier alpha value is -2.10. The monoisotopic (exact) mass is 236 g/mol. The summed E-state index contributed by atoms with van der Waals surface area (Å²) >= 11 is 0. The Kier molecular flexibility index (Phi) is 2.95. The third kappa shape index (κ3) is 2.06. The summed E-state index contributed by atoms with van der Waals surface area (Å²) in [4.78, 5) is 0. The molecule has 0 spiro atoms. The van der Waals surface area contributed by atoms with Gasteiger partial charge in [-0.15, -0.1) is 0 Å². The number of rotatable bonds is 2. The van der Waals surface area contributed by atoms with Gasteiger partial charge in [0.25, 0.3) is 0 Å². The summed E-state index contributed by atoms with van der Waals surface area (Å²) < 4.78 is 31.7. The molecule has 0 saturated carbocycles. The van der Waals surface area contributed by atoms with Gasteiger partial charge in [-0.3, -0.25) is 0 Å². The van der Waals surface area contributed by atoms with E-state index in [4.69, 9.17) is 9.84 Å². The summed E-state index contributed by atoms with van der Waals surface area (Å²) in [5.41, 5.74) is 0.616. The molecule has 0 aromatic heterocycles. The Labute approximate surface area is 97.1 Å². The Morgan fingerprint density at radius 3 is 2.18 bits per heavy atom. The molecule has 1 N–H and O–H groups in total. The fourth-order valence-electron chi connectivity index (χ4n) is 1.53. The lowest BCUT2D eigenvalue weighted by molar-refractivity contribution is 0.408. The van der Waals surface area contributed by atoms with Gasteiger partial charge in [0.05, 0.1) is 7.11 Å². The summed E-state index contributed by atoms with van der Waals surface area (Å²) in [7, 11) is 1.52. The third-order valence-corrected chi connectivity index (χ3v) is 2.46. The van der Waals surface area contributed by atoms with E-state index in [1.165, 1.54) is 13.2 Å². The maximum Gasteiger partial charge on any atom is 0.200 e. The predicted octanol–water partition coefficient (Wildman–Crippen LogP) is 3.35. The van der Waals surface area contributed by atoms with Crippen molar-refractivity contribution in [1.29, 1.82) is 0 Å². The standard InChI is InChI=1S/C13H10F2O2/c1-17-9-4-2-8(3-5-9)10-6-7-11(16)13(15)12(10)14/h2-7,16H,1H3. The van der Waals surface area contributed by atoms with Crippen LogP contribution in [0.25, 0.3) is 11.1 Å². The average Bonchev–Trinajstić information content (AvgIpc) is 2.36. The van der Waals surface area contributed by atoms with Gasteiger partial charge in [-0.05, 0) is 29.8 Å². The number of benzene rings is 2. The highest BCUT2D eigenvalue weighted by Gasteiger charge is 2.13. The van der Waals surface area contributed by atoms with E-state index < -0.39 is 17.4 Å². The molecule has 2 aromatic rings. The van der Waals surface area contributed by atoms with E-state index >= 15 is 0 Å². The van der Waals surface area contributed by atoms with E-state index in [1.54, 1.807) is 24.3 Å². The molecule has 0 saturated heterocycles. The van der Waals surface area contributed by atoms with Gasteiger partial charge in [0.2, 0.25) is 5.82 Å². The van der Waals surface area contributed by atoms with Gasteiger partial charge in [-0.25, -0.2) is 4.39 Å². The highest BCUT2D eigenvalue weighted by Crippen LogP contribution is 2.29. The first kappa shape index (κ1) is 11.4. The number of hydrogen-bond donors (Lipinski definition) is 1. The zero-order valence-electron chi connectivity index (χ0n) is 9.08. The molecule has 0 unspecified atom stereocenters. The fraction of sp³-hybridized carbons (Fsp3) is 0.0769. The Morgan fingerprint density at radius 2 is 1.59 bits per heavy atom. The second kappa shape index (κ2) is 4.41. The highest BCUT2D eigenvalue weighted by atomic mass is 19.2. The van der Waals surface area contributed by atoms with E-state index in [1.807, 2.05) is 0 Å². The van der Waals surface area contributed by atoms with Crippen molar-refractivity contribution in [2.45, 2.75) is 0 Å². The highest BCUT2D eigenvalue weighted by molar-refractivity contribution is 5.65. The molecule has 0 radical (unpaired) electrons. The second-order valence-electron chi connectivity index (χ2n) is 3.49. The summed E-state index contributed by atoms with van der Waals surface area (Å²) in [6, 6.07) is 8.99. The molecule has 0 aliphatic carbocycles. The van der Waals surface area contributed by atoms with Gasteiger partial charge < -0.3 is 9.84 Å². The van der Waals surface area contributed by atoms with Crippen LogP contribution in [-0.4, -0.2) is 12.2 Å². The van der Waals surface area contributed by atoms with Crippen molar-refractivity contribution in [3.8, 4) is 22.6 Å². The van der Waals surface area contributed by atoms with Crippen LogP contribution in [0.4, 0.5) is 8.78 Å². The van der Waals surface area contributed by atoms with E-state index in [-0.39, 0.29) is 5.56 Å². The Bertz CT molecular complexity index is 536. The van der Waals surface area contributed by atoms with Crippen LogP contribution in [0, 0.1) is 11.6 Å². The molecule has 88 valence electrons. The number of aromatic hydroxyl groups is 1. The number of ether oxygens (including phenoxy) is 1. The van der Waals surface area contributed by atoms with Crippen molar-refractivity contribution in [3.05, 3.63) is 48.0 Å². The molecule has 0 aliphatic rings. The van der Waals surface area contributed by atoms with Crippen LogP contribution in [0.5, 0.6) is 11.5 Å². The fourth-order valence-corrected chi connectivity index (χ4v) is 1.53. The molecule has 4 heteroatoms. The van der Waals surface area contributed by atoms with Crippen molar-refractivity contribution < 1.29 is 18.6 Å². The zero-order chi connectivity index (χ0) is 12.4. The predicted molar refractivity (Wildman–Crippen MR) is 60.0 cm³/mol. The topological polar surface area (TPSA) is 29.5 Å². The molecule has 0 amide bonds.